The summed E-state index contributed by atoms with van der Waals surface area (Å²) in [6.45, 7) is 2.64. The number of methoxy groups -OCH3 is 1. The van der Waals surface area contributed by atoms with Gasteiger partial charge < -0.3 is 10.1 Å². The van der Waals surface area contributed by atoms with Crippen molar-refractivity contribution in [1.29, 1.82) is 5.26 Å². The molecule has 0 aliphatic carbocycles. The highest BCUT2D eigenvalue weighted by Gasteiger charge is 2.08. The van der Waals surface area contributed by atoms with E-state index >= 15 is 0 Å². The normalized spacial score (nSPS) is 11.1. The topological polar surface area (TPSA) is 62.1 Å². The summed E-state index contributed by atoms with van der Waals surface area (Å²) >= 11 is 0. The first-order chi connectivity index (χ1) is 11.2. The zero-order valence-electron chi connectivity index (χ0n) is 13.4. The monoisotopic (exact) mass is 308 g/mol. The lowest BCUT2D eigenvalue weighted by Gasteiger charge is -2.05. The fourth-order valence-electron chi connectivity index (χ4n) is 2.25. The molecule has 0 unspecified atom stereocenters. The highest BCUT2D eigenvalue weighted by molar-refractivity contribution is 6.02. The molecule has 0 bridgehead atoms. The molecule has 1 amide bonds. The van der Waals surface area contributed by atoms with E-state index in [4.69, 9.17) is 4.74 Å². The molecule has 0 aliphatic rings. The van der Waals surface area contributed by atoms with Crippen molar-refractivity contribution in [1.82, 2.24) is 5.32 Å². The van der Waals surface area contributed by atoms with E-state index < -0.39 is 0 Å². The highest BCUT2D eigenvalue weighted by Crippen LogP contribution is 2.22. The first kappa shape index (κ1) is 16.6. The first-order valence-electron chi connectivity index (χ1n) is 7.65. The molecule has 0 aromatic heterocycles. The van der Waals surface area contributed by atoms with Crippen molar-refractivity contribution >= 4 is 22.8 Å². The SMILES string of the molecule is CCCCNC(=O)C(C#N)=Cc1ccc2cc(OC)ccc2c1. The number of unbranched alkanes of at least 4 members (excludes halogenated alkanes) is 1. The van der Waals surface area contributed by atoms with E-state index in [1.165, 1.54) is 0 Å². The predicted molar refractivity (Wildman–Crippen MR) is 92.0 cm³/mol. The number of benzene rings is 2. The fraction of sp³-hybridized carbons (Fsp3) is 0.263. The van der Waals surface area contributed by atoms with Gasteiger partial charge in [-0.3, -0.25) is 4.79 Å². The van der Waals surface area contributed by atoms with Crippen LogP contribution in [0.5, 0.6) is 5.75 Å². The maximum atomic E-state index is 12.0. The maximum absolute atomic E-state index is 12.0. The number of nitrogens with one attached hydrogen (secondary N) is 1. The van der Waals surface area contributed by atoms with E-state index in [-0.39, 0.29) is 11.5 Å². The lowest BCUT2D eigenvalue weighted by Crippen LogP contribution is -2.25. The molecule has 0 saturated heterocycles. The Bertz CT molecular complexity index is 773. The lowest BCUT2D eigenvalue weighted by atomic mass is 10.0. The number of fused-ring (bicyclic) bond motifs is 1. The average molecular weight is 308 g/mol. The maximum Gasteiger partial charge on any atom is 0.261 e. The van der Waals surface area contributed by atoms with Gasteiger partial charge in [0, 0.05) is 6.54 Å². The molecular weight excluding hydrogens is 288 g/mol. The van der Waals surface area contributed by atoms with E-state index in [0.717, 1.165) is 34.9 Å². The van der Waals surface area contributed by atoms with Crippen LogP contribution in [0.2, 0.25) is 0 Å². The third-order valence-corrected chi connectivity index (χ3v) is 3.56. The van der Waals surface area contributed by atoms with Crippen LogP contribution < -0.4 is 10.1 Å². The fourth-order valence-corrected chi connectivity index (χ4v) is 2.25. The molecule has 4 nitrogen and oxygen atoms in total. The molecular formula is C19H20N2O2. The summed E-state index contributed by atoms with van der Waals surface area (Å²) in [5, 5.41) is 14.0. The molecule has 0 spiro atoms. The third kappa shape index (κ3) is 4.33. The van der Waals surface area contributed by atoms with Crippen LogP contribution in [0.15, 0.2) is 42.0 Å². The molecule has 0 radical (unpaired) electrons. The minimum Gasteiger partial charge on any atom is -0.497 e. The van der Waals surface area contributed by atoms with Gasteiger partial charge in [-0.25, -0.2) is 0 Å². The minimum absolute atomic E-state index is 0.119. The Morgan fingerprint density at radius 1 is 1.26 bits per heavy atom. The van der Waals surface area contributed by atoms with Crippen molar-refractivity contribution in [3.05, 3.63) is 47.5 Å². The van der Waals surface area contributed by atoms with E-state index in [1.54, 1.807) is 13.2 Å². The molecule has 0 heterocycles. The second kappa shape index (κ2) is 8.00. The zero-order chi connectivity index (χ0) is 16.7. The Morgan fingerprint density at radius 2 is 2.00 bits per heavy atom. The van der Waals surface area contributed by atoms with Crippen molar-refractivity contribution in [3.63, 3.8) is 0 Å². The van der Waals surface area contributed by atoms with Gasteiger partial charge >= 0.3 is 0 Å². The van der Waals surface area contributed by atoms with Crippen molar-refractivity contribution in [2.75, 3.05) is 13.7 Å². The molecule has 23 heavy (non-hydrogen) atoms. The van der Waals surface area contributed by atoms with Crippen molar-refractivity contribution in [3.8, 4) is 11.8 Å². The summed E-state index contributed by atoms with van der Waals surface area (Å²) in [6.07, 6.45) is 3.52. The number of hydrogen-bond donors (Lipinski definition) is 1. The van der Waals surface area contributed by atoms with Gasteiger partial charge in [0.1, 0.15) is 17.4 Å². The molecule has 0 saturated carbocycles. The van der Waals surface area contributed by atoms with Crippen LogP contribution in [0, 0.1) is 11.3 Å². The van der Waals surface area contributed by atoms with Gasteiger partial charge in [-0.15, -0.1) is 0 Å². The van der Waals surface area contributed by atoms with Gasteiger partial charge in [0.15, 0.2) is 0 Å². The largest absolute Gasteiger partial charge is 0.497 e. The molecule has 2 rings (SSSR count). The Labute approximate surface area is 136 Å². The standard InChI is InChI=1S/C19H20N2O2/c1-3-4-9-21-19(22)17(13-20)11-14-5-6-16-12-18(23-2)8-7-15(16)10-14/h5-8,10-12H,3-4,9H2,1-2H3,(H,21,22). The number of nitrogens with zero attached hydrogens (tertiary/aromatic N) is 1. The molecule has 2 aromatic carbocycles. The second-order valence-electron chi connectivity index (χ2n) is 5.25. The van der Waals surface area contributed by atoms with Gasteiger partial charge in [-0.05, 0) is 47.0 Å². The quantitative estimate of drug-likeness (QED) is 0.503. The zero-order valence-corrected chi connectivity index (χ0v) is 13.4. The molecule has 1 N–H and O–H groups in total. The van der Waals surface area contributed by atoms with Crippen LogP contribution in [-0.4, -0.2) is 19.6 Å². The molecule has 2 aromatic rings. The number of ether oxygens (including phenoxy) is 1. The first-order valence-corrected chi connectivity index (χ1v) is 7.65. The van der Waals surface area contributed by atoms with Crippen molar-refractivity contribution in [2.45, 2.75) is 19.8 Å². The van der Waals surface area contributed by atoms with E-state index in [2.05, 4.69) is 12.2 Å². The number of carbonyl (C=O) groups excluding carboxylic acids is 1. The van der Waals surface area contributed by atoms with Gasteiger partial charge in [0.2, 0.25) is 0 Å². The van der Waals surface area contributed by atoms with Gasteiger partial charge in [0.05, 0.1) is 7.11 Å². The van der Waals surface area contributed by atoms with E-state index in [0.29, 0.717) is 6.54 Å². The van der Waals surface area contributed by atoms with Crippen LogP contribution in [0.25, 0.3) is 16.8 Å². The summed E-state index contributed by atoms with van der Waals surface area (Å²) in [5.74, 6) is 0.476. The Balaban J connectivity index is 2.24. The number of hydrogen-bond acceptors (Lipinski definition) is 3. The number of amides is 1. The smallest absolute Gasteiger partial charge is 0.261 e. The van der Waals surface area contributed by atoms with Crippen molar-refractivity contribution < 1.29 is 9.53 Å². The van der Waals surface area contributed by atoms with E-state index in [9.17, 15) is 10.1 Å². The Kier molecular flexibility index (Phi) is 5.76. The summed E-state index contributed by atoms with van der Waals surface area (Å²) in [5.41, 5.74) is 0.943. The molecule has 0 fully saturated rings. The minimum atomic E-state index is -0.323. The summed E-state index contributed by atoms with van der Waals surface area (Å²) < 4.78 is 5.20. The number of rotatable bonds is 6. The van der Waals surface area contributed by atoms with E-state index in [1.807, 2.05) is 42.5 Å². The second-order valence-corrected chi connectivity index (χ2v) is 5.25. The van der Waals surface area contributed by atoms with Gasteiger partial charge in [-0.2, -0.15) is 5.26 Å². The third-order valence-electron chi connectivity index (χ3n) is 3.56. The van der Waals surface area contributed by atoms with Gasteiger partial charge in [0.25, 0.3) is 5.91 Å². The van der Waals surface area contributed by atoms with Crippen LogP contribution >= 0.6 is 0 Å². The van der Waals surface area contributed by atoms with Crippen LogP contribution in [0.4, 0.5) is 0 Å². The molecule has 0 aliphatic heterocycles. The highest BCUT2D eigenvalue weighted by atomic mass is 16.5. The Hall–Kier alpha value is -2.80. The molecule has 0 atom stereocenters. The summed E-state index contributed by atoms with van der Waals surface area (Å²) in [6, 6.07) is 13.6. The van der Waals surface area contributed by atoms with Crippen molar-refractivity contribution in [2.24, 2.45) is 0 Å². The number of carbonyl (C=O) groups is 1. The van der Waals surface area contributed by atoms with Crippen LogP contribution in [0.3, 0.4) is 0 Å². The van der Waals surface area contributed by atoms with Crippen LogP contribution in [0.1, 0.15) is 25.3 Å². The number of nitriles is 1. The molecule has 4 heteroatoms. The van der Waals surface area contributed by atoms with Crippen LogP contribution in [-0.2, 0) is 4.79 Å². The van der Waals surface area contributed by atoms with Gasteiger partial charge in [-0.1, -0.05) is 31.5 Å². The summed E-state index contributed by atoms with van der Waals surface area (Å²) in [7, 11) is 1.63. The lowest BCUT2D eigenvalue weighted by molar-refractivity contribution is -0.117. The predicted octanol–water partition coefficient (Wildman–Crippen LogP) is 3.67. The molecule has 118 valence electrons. The summed E-state index contributed by atoms with van der Waals surface area (Å²) in [4.78, 5) is 12.0. The average Bonchev–Trinajstić information content (AvgIpc) is 2.59. The Morgan fingerprint density at radius 3 is 2.70 bits per heavy atom.